The molecule has 1 atom stereocenters. The molecular weight excluding hydrogens is 258 g/mol. The van der Waals surface area contributed by atoms with Gasteiger partial charge in [0.2, 0.25) is 0 Å². The number of hydrogen-bond acceptors (Lipinski definition) is 1. The highest BCUT2D eigenvalue weighted by molar-refractivity contribution is 6.17. The van der Waals surface area contributed by atoms with Gasteiger partial charge in [-0.05, 0) is 62.8 Å². The lowest BCUT2D eigenvalue weighted by atomic mass is 9.98. The summed E-state index contributed by atoms with van der Waals surface area (Å²) in [5, 5.41) is 0. The lowest BCUT2D eigenvalue weighted by Crippen LogP contribution is -2.44. The fourth-order valence-corrected chi connectivity index (χ4v) is 2.99. The van der Waals surface area contributed by atoms with Gasteiger partial charge in [-0.15, -0.1) is 11.6 Å². The van der Waals surface area contributed by atoms with E-state index in [1.54, 1.807) is 0 Å². The first kappa shape index (κ1) is 14.4. The van der Waals surface area contributed by atoms with Crippen molar-refractivity contribution in [3.05, 3.63) is 34.9 Å². The Morgan fingerprint density at radius 3 is 2.79 bits per heavy atom. The maximum atomic E-state index is 12.6. The van der Waals surface area contributed by atoms with Crippen LogP contribution in [0.15, 0.2) is 18.2 Å². The summed E-state index contributed by atoms with van der Waals surface area (Å²) in [4.78, 5) is 14.7. The van der Waals surface area contributed by atoms with Gasteiger partial charge in [0, 0.05) is 24.0 Å². The molecule has 1 fully saturated rings. The van der Waals surface area contributed by atoms with Gasteiger partial charge < -0.3 is 4.90 Å². The molecule has 0 bridgehead atoms. The second kappa shape index (κ2) is 6.42. The van der Waals surface area contributed by atoms with E-state index in [0.29, 0.717) is 11.9 Å². The van der Waals surface area contributed by atoms with Gasteiger partial charge in [-0.2, -0.15) is 0 Å². The number of carbonyl (C=O) groups is 1. The van der Waals surface area contributed by atoms with Crippen molar-refractivity contribution >= 4 is 17.5 Å². The molecule has 1 aromatic carbocycles. The van der Waals surface area contributed by atoms with Gasteiger partial charge in [0.15, 0.2) is 0 Å². The van der Waals surface area contributed by atoms with Crippen molar-refractivity contribution in [1.29, 1.82) is 0 Å². The molecule has 104 valence electrons. The first-order chi connectivity index (χ1) is 9.13. The van der Waals surface area contributed by atoms with E-state index in [1.807, 2.05) is 23.1 Å². The molecule has 0 spiro atoms. The number of carbonyl (C=O) groups excluding carboxylic acids is 1. The number of amides is 1. The Balaban J connectivity index is 2.18. The van der Waals surface area contributed by atoms with Crippen molar-refractivity contribution in [2.45, 2.75) is 45.6 Å². The summed E-state index contributed by atoms with van der Waals surface area (Å²) < 4.78 is 0. The van der Waals surface area contributed by atoms with E-state index >= 15 is 0 Å². The molecule has 1 aromatic rings. The Morgan fingerprint density at radius 2 is 2.11 bits per heavy atom. The molecule has 0 aromatic heterocycles. The summed E-state index contributed by atoms with van der Waals surface area (Å²) in [6.45, 7) is 4.99. The molecule has 1 aliphatic rings. The first-order valence-corrected chi connectivity index (χ1v) is 7.61. The average molecular weight is 280 g/mol. The van der Waals surface area contributed by atoms with Crippen LogP contribution in [0.1, 0.15) is 47.2 Å². The second-order valence-corrected chi connectivity index (χ2v) is 5.80. The van der Waals surface area contributed by atoms with E-state index in [2.05, 4.69) is 13.8 Å². The van der Waals surface area contributed by atoms with Crippen molar-refractivity contribution in [1.82, 2.24) is 4.90 Å². The number of likely N-dealkylation sites (tertiary alicyclic amines) is 1. The quantitative estimate of drug-likeness (QED) is 0.768. The van der Waals surface area contributed by atoms with Crippen LogP contribution in [0.25, 0.3) is 0 Å². The maximum Gasteiger partial charge on any atom is 0.254 e. The number of alkyl halides is 1. The highest BCUT2D eigenvalue weighted by Gasteiger charge is 2.26. The van der Waals surface area contributed by atoms with Gasteiger partial charge in [-0.1, -0.05) is 6.07 Å². The Morgan fingerprint density at radius 1 is 1.32 bits per heavy atom. The molecule has 1 saturated heterocycles. The van der Waals surface area contributed by atoms with Gasteiger partial charge in [-0.25, -0.2) is 0 Å². The molecule has 0 N–H and O–H groups in total. The van der Waals surface area contributed by atoms with Crippen molar-refractivity contribution in [2.75, 3.05) is 12.4 Å². The van der Waals surface area contributed by atoms with Crippen molar-refractivity contribution in [3.8, 4) is 0 Å². The third-order valence-electron chi connectivity index (χ3n) is 4.08. The molecule has 1 aliphatic heterocycles. The number of aryl methyl sites for hydroxylation is 2. The summed E-state index contributed by atoms with van der Waals surface area (Å²) in [5.74, 6) is 0.791. The fourth-order valence-electron chi connectivity index (χ4n) is 2.73. The Labute approximate surface area is 120 Å². The number of halogens is 1. The molecule has 0 saturated carbocycles. The summed E-state index contributed by atoms with van der Waals surface area (Å²) in [5.41, 5.74) is 3.22. The number of hydrogen-bond donors (Lipinski definition) is 0. The third kappa shape index (κ3) is 3.30. The minimum absolute atomic E-state index is 0.165. The summed E-state index contributed by atoms with van der Waals surface area (Å²) >= 11 is 5.86. The van der Waals surface area contributed by atoms with Crippen LogP contribution in [0.3, 0.4) is 0 Å². The van der Waals surface area contributed by atoms with E-state index in [-0.39, 0.29) is 5.91 Å². The smallest absolute Gasteiger partial charge is 0.254 e. The van der Waals surface area contributed by atoms with E-state index in [4.69, 9.17) is 11.6 Å². The normalized spacial score (nSPS) is 19.5. The molecule has 1 amide bonds. The van der Waals surface area contributed by atoms with Crippen LogP contribution in [0, 0.1) is 13.8 Å². The SMILES string of the molecule is Cc1ccc(C(=O)N2CCCCC2CCCl)cc1C. The van der Waals surface area contributed by atoms with Crippen LogP contribution in [-0.4, -0.2) is 29.3 Å². The molecule has 1 unspecified atom stereocenters. The maximum absolute atomic E-state index is 12.6. The molecule has 2 rings (SSSR count). The Bertz CT molecular complexity index is 456. The zero-order valence-corrected chi connectivity index (χ0v) is 12.5. The van der Waals surface area contributed by atoms with E-state index in [1.165, 1.54) is 17.5 Å². The highest BCUT2D eigenvalue weighted by atomic mass is 35.5. The average Bonchev–Trinajstić information content (AvgIpc) is 2.42. The lowest BCUT2D eigenvalue weighted by Gasteiger charge is -2.35. The minimum Gasteiger partial charge on any atom is -0.336 e. The van der Waals surface area contributed by atoms with Crippen molar-refractivity contribution in [3.63, 3.8) is 0 Å². The number of rotatable bonds is 3. The van der Waals surface area contributed by atoms with Gasteiger partial charge in [0.05, 0.1) is 0 Å². The van der Waals surface area contributed by atoms with Gasteiger partial charge in [0.25, 0.3) is 5.91 Å². The third-order valence-corrected chi connectivity index (χ3v) is 4.30. The van der Waals surface area contributed by atoms with E-state index in [9.17, 15) is 4.79 Å². The van der Waals surface area contributed by atoms with Gasteiger partial charge in [-0.3, -0.25) is 4.79 Å². The first-order valence-electron chi connectivity index (χ1n) is 7.07. The molecule has 0 aliphatic carbocycles. The van der Waals surface area contributed by atoms with Crippen LogP contribution in [0.5, 0.6) is 0 Å². The second-order valence-electron chi connectivity index (χ2n) is 5.42. The van der Waals surface area contributed by atoms with Crippen molar-refractivity contribution < 1.29 is 4.79 Å². The zero-order chi connectivity index (χ0) is 13.8. The van der Waals surface area contributed by atoms with Gasteiger partial charge >= 0.3 is 0 Å². The Hall–Kier alpha value is -1.02. The summed E-state index contributed by atoms with van der Waals surface area (Å²) in [7, 11) is 0. The lowest BCUT2D eigenvalue weighted by molar-refractivity contribution is 0.0609. The zero-order valence-electron chi connectivity index (χ0n) is 11.8. The summed E-state index contributed by atoms with van der Waals surface area (Å²) in [6.07, 6.45) is 4.30. The van der Waals surface area contributed by atoms with Gasteiger partial charge in [0.1, 0.15) is 0 Å². The van der Waals surface area contributed by atoms with Crippen LogP contribution < -0.4 is 0 Å². The standard InChI is InChI=1S/C16H22ClNO/c1-12-6-7-14(11-13(12)2)16(19)18-10-4-3-5-15(18)8-9-17/h6-7,11,15H,3-5,8-10H2,1-2H3. The monoisotopic (exact) mass is 279 g/mol. The van der Waals surface area contributed by atoms with Crippen molar-refractivity contribution in [2.24, 2.45) is 0 Å². The predicted octanol–water partition coefficient (Wildman–Crippen LogP) is 3.93. The fraction of sp³-hybridized carbons (Fsp3) is 0.562. The van der Waals surface area contributed by atoms with Crippen LogP contribution in [0.4, 0.5) is 0 Å². The Kier molecular flexibility index (Phi) is 4.87. The molecular formula is C16H22ClNO. The molecule has 1 heterocycles. The number of nitrogens with zero attached hydrogens (tertiary/aromatic N) is 1. The molecule has 0 radical (unpaired) electrons. The molecule has 2 nitrogen and oxygen atoms in total. The number of benzene rings is 1. The van der Waals surface area contributed by atoms with Crippen LogP contribution >= 0.6 is 11.6 Å². The van der Waals surface area contributed by atoms with E-state index < -0.39 is 0 Å². The molecule has 3 heteroatoms. The van der Waals surface area contributed by atoms with Crippen LogP contribution in [-0.2, 0) is 0 Å². The largest absolute Gasteiger partial charge is 0.336 e. The predicted molar refractivity (Wildman–Crippen MR) is 79.9 cm³/mol. The summed E-state index contributed by atoms with van der Waals surface area (Å²) in [6, 6.07) is 6.30. The number of piperidine rings is 1. The highest BCUT2D eigenvalue weighted by Crippen LogP contribution is 2.23. The topological polar surface area (TPSA) is 20.3 Å². The minimum atomic E-state index is 0.165. The molecule has 19 heavy (non-hydrogen) atoms. The van der Waals surface area contributed by atoms with Crippen LogP contribution in [0.2, 0.25) is 0 Å². The van der Waals surface area contributed by atoms with E-state index in [0.717, 1.165) is 31.4 Å².